The van der Waals surface area contributed by atoms with Crippen LogP contribution in [0.5, 0.6) is 5.88 Å². The Morgan fingerprint density at radius 1 is 1.32 bits per heavy atom. The van der Waals surface area contributed by atoms with Crippen molar-refractivity contribution in [2.75, 3.05) is 11.9 Å². The van der Waals surface area contributed by atoms with Gasteiger partial charge in [-0.05, 0) is 25.5 Å². The Hall–Kier alpha value is -2.57. The molecule has 1 N–H and O–H groups in total. The van der Waals surface area contributed by atoms with E-state index >= 15 is 0 Å². The predicted molar refractivity (Wildman–Crippen MR) is 80.2 cm³/mol. The van der Waals surface area contributed by atoms with Gasteiger partial charge in [-0.25, -0.2) is 14.4 Å². The molecule has 1 amide bonds. The van der Waals surface area contributed by atoms with Crippen molar-refractivity contribution in [3.05, 3.63) is 30.7 Å². The molecule has 2 heterocycles. The molecule has 0 aliphatic heterocycles. The first kappa shape index (κ1) is 15.8. The van der Waals surface area contributed by atoms with Gasteiger partial charge >= 0.3 is 0 Å². The summed E-state index contributed by atoms with van der Waals surface area (Å²) in [5, 5.41) is 2.42. The van der Waals surface area contributed by atoms with Gasteiger partial charge in [0.1, 0.15) is 5.82 Å². The summed E-state index contributed by atoms with van der Waals surface area (Å²) >= 11 is 0. The number of carbonyl (C=O) groups excluding carboxylic acids is 1. The normalized spacial score (nSPS) is 11.8. The van der Waals surface area contributed by atoms with Crippen LogP contribution in [0.2, 0.25) is 0 Å². The van der Waals surface area contributed by atoms with Gasteiger partial charge in [-0.15, -0.1) is 0 Å². The molecular weight excluding hydrogens is 287 g/mol. The van der Waals surface area contributed by atoms with Crippen LogP contribution in [0.25, 0.3) is 11.3 Å². The number of aromatic nitrogens is 3. The second-order valence-electron chi connectivity index (χ2n) is 4.47. The minimum Gasteiger partial charge on any atom is -0.477 e. The highest BCUT2D eigenvalue weighted by Gasteiger charge is 2.15. The molecule has 22 heavy (non-hydrogen) atoms. The van der Waals surface area contributed by atoms with Crippen LogP contribution in [0.1, 0.15) is 20.3 Å². The summed E-state index contributed by atoms with van der Waals surface area (Å²) in [5.41, 5.74) is 1.33. The minimum atomic E-state index is -1.53. The zero-order valence-electron chi connectivity index (χ0n) is 12.4. The standard InChI is InChI=1S/C15H17FN4O2/c1-3-11(16)15(21)20-13-6-5-10(7-18-13)12-8-17-9-14(19-12)22-4-2/h5-9,11H,3-4H2,1-2H3,(H,18,20,21). The van der Waals surface area contributed by atoms with Gasteiger partial charge in [0.15, 0.2) is 6.17 Å². The van der Waals surface area contributed by atoms with Crippen molar-refractivity contribution < 1.29 is 13.9 Å². The summed E-state index contributed by atoms with van der Waals surface area (Å²) < 4.78 is 18.5. The van der Waals surface area contributed by atoms with E-state index in [-0.39, 0.29) is 6.42 Å². The lowest BCUT2D eigenvalue weighted by molar-refractivity contribution is -0.120. The first-order valence-electron chi connectivity index (χ1n) is 7.00. The number of hydrogen-bond donors (Lipinski definition) is 1. The number of rotatable bonds is 6. The van der Waals surface area contributed by atoms with Gasteiger partial charge in [0.25, 0.3) is 5.91 Å². The molecule has 2 rings (SSSR count). The molecular formula is C15H17FN4O2. The molecule has 7 heteroatoms. The van der Waals surface area contributed by atoms with E-state index in [1.807, 2.05) is 6.92 Å². The molecule has 1 unspecified atom stereocenters. The van der Waals surface area contributed by atoms with Crippen LogP contribution < -0.4 is 10.1 Å². The Morgan fingerprint density at radius 3 is 2.77 bits per heavy atom. The number of amides is 1. The maximum atomic E-state index is 13.2. The first-order chi connectivity index (χ1) is 10.6. The van der Waals surface area contributed by atoms with Gasteiger partial charge in [0, 0.05) is 11.8 Å². The molecule has 0 saturated heterocycles. The zero-order valence-corrected chi connectivity index (χ0v) is 12.4. The van der Waals surface area contributed by atoms with E-state index in [1.165, 1.54) is 12.4 Å². The topological polar surface area (TPSA) is 77.0 Å². The van der Waals surface area contributed by atoms with E-state index in [9.17, 15) is 9.18 Å². The fraction of sp³-hybridized carbons (Fsp3) is 0.333. The van der Waals surface area contributed by atoms with E-state index < -0.39 is 12.1 Å². The van der Waals surface area contributed by atoms with Crippen molar-refractivity contribution in [1.82, 2.24) is 15.0 Å². The van der Waals surface area contributed by atoms with E-state index in [4.69, 9.17) is 4.74 Å². The van der Waals surface area contributed by atoms with Crippen molar-refractivity contribution in [1.29, 1.82) is 0 Å². The fourth-order valence-electron chi connectivity index (χ4n) is 1.71. The van der Waals surface area contributed by atoms with Crippen molar-refractivity contribution in [2.24, 2.45) is 0 Å². The lowest BCUT2D eigenvalue weighted by atomic mass is 10.2. The van der Waals surface area contributed by atoms with E-state index in [2.05, 4.69) is 20.3 Å². The summed E-state index contributed by atoms with van der Waals surface area (Å²) in [4.78, 5) is 23.9. The van der Waals surface area contributed by atoms with Crippen LogP contribution in [-0.2, 0) is 4.79 Å². The number of alkyl halides is 1. The zero-order chi connectivity index (χ0) is 15.9. The van der Waals surface area contributed by atoms with E-state index in [0.29, 0.717) is 24.0 Å². The Bertz CT molecular complexity index is 634. The molecule has 2 aromatic rings. The monoisotopic (exact) mass is 304 g/mol. The Morgan fingerprint density at radius 2 is 2.14 bits per heavy atom. The molecule has 0 aliphatic carbocycles. The summed E-state index contributed by atoms with van der Waals surface area (Å²) in [6.07, 6.45) is 3.25. The van der Waals surface area contributed by atoms with Crippen LogP contribution >= 0.6 is 0 Å². The predicted octanol–water partition coefficient (Wildman–Crippen LogP) is 2.62. The molecule has 2 aromatic heterocycles. The average molecular weight is 304 g/mol. The summed E-state index contributed by atoms with van der Waals surface area (Å²) in [5.74, 6) is 0.0280. The van der Waals surface area contributed by atoms with Gasteiger partial charge in [0.2, 0.25) is 5.88 Å². The van der Waals surface area contributed by atoms with Crippen molar-refractivity contribution in [2.45, 2.75) is 26.4 Å². The molecule has 0 aliphatic rings. The van der Waals surface area contributed by atoms with Crippen LogP contribution in [-0.4, -0.2) is 33.6 Å². The summed E-state index contributed by atoms with van der Waals surface area (Å²) in [6.45, 7) is 3.97. The van der Waals surface area contributed by atoms with Gasteiger partial charge in [0.05, 0.1) is 24.7 Å². The number of ether oxygens (including phenoxy) is 1. The van der Waals surface area contributed by atoms with Crippen molar-refractivity contribution >= 4 is 11.7 Å². The molecule has 116 valence electrons. The molecule has 0 spiro atoms. The maximum Gasteiger partial charge on any atom is 0.260 e. The Labute approximate surface area is 127 Å². The van der Waals surface area contributed by atoms with Crippen LogP contribution in [0.3, 0.4) is 0 Å². The third-order valence-corrected chi connectivity index (χ3v) is 2.86. The minimum absolute atomic E-state index is 0.129. The van der Waals surface area contributed by atoms with Gasteiger partial charge in [-0.1, -0.05) is 6.92 Å². The Kier molecular flexibility index (Phi) is 5.35. The van der Waals surface area contributed by atoms with Crippen molar-refractivity contribution in [3.8, 4) is 17.1 Å². The van der Waals surface area contributed by atoms with E-state index in [0.717, 1.165) is 5.56 Å². The average Bonchev–Trinajstić information content (AvgIpc) is 2.55. The molecule has 6 nitrogen and oxygen atoms in total. The number of anilines is 1. The molecule has 0 bridgehead atoms. The van der Waals surface area contributed by atoms with Crippen LogP contribution in [0, 0.1) is 0 Å². The number of pyridine rings is 1. The highest BCUT2D eigenvalue weighted by Crippen LogP contribution is 2.19. The first-order valence-corrected chi connectivity index (χ1v) is 7.00. The third kappa shape index (κ3) is 3.97. The molecule has 0 radical (unpaired) electrons. The Balaban J connectivity index is 2.11. The number of carbonyl (C=O) groups is 1. The van der Waals surface area contributed by atoms with Crippen LogP contribution in [0.4, 0.5) is 10.2 Å². The lowest BCUT2D eigenvalue weighted by Gasteiger charge is -2.08. The lowest BCUT2D eigenvalue weighted by Crippen LogP contribution is -2.23. The largest absolute Gasteiger partial charge is 0.477 e. The smallest absolute Gasteiger partial charge is 0.260 e. The fourth-order valence-corrected chi connectivity index (χ4v) is 1.71. The van der Waals surface area contributed by atoms with E-state index in [1.54, 1.807) is 25.3 Å². The van der Waals surface area contributed by atoms with Crippen molar-refractivity contribution in [3.63, 3.8) is 0 Å². The van der Waals surface area contributed by atoms with Gasteiger partial charge in [-0.3, -0.25) is 9.78 Å². The highest BCUT2D eigenvalue weighted by atomic mass is 19.1. The maximum absolute atomic E-state index is 13.2. The highest BCUT2D eigenvalue weighted by molar-refractivity contribution is 5.93. The van der Waals surface area contributed by atoms with Gasteiger partial charge in [-0.2, -0.15) is 0 Å². The quantitative estimate of drug-likeness (QED) is 0.887. The van der Waals surface area contributed by atoms with Gasteiger partial charge < -0.3 is 10.1 Å². The molecule has 0 aromatic carbocycles. The number of nitrogens with one attached hydrogen (secondary N) is 1. The summed E-state index contributed by atoms with van der Waals surface area (Å²) in [6, 6.07) is 3.31. The second kappa shape index (κ2) is 7.44. The second-order valence-corrected chi connectivity index (χ2v) is 4.47. The third-order valence-electron chi connectivity index (χ3n) is 2.86. The number of nitrogens with zero attached hydrogens (tertiary/aromatic N) is 3. The molecule has 0 fully saturated rings. The summed E-state index contributed by atoms with van der Waals surface area (Å²) in [7, 11) is 0. The molecule has 0 saturated carbocycles. The number of hydrogen-bond acceptors (Lipinski definition) is 5. The number of halogens is 1. The SMILES string of the molecule is CCOc1cncc(-c2ccc(NC(=O)C(F)CC)nc2)n1. The molecule has 1 atom stereocenters. The van der Waals surface area contributed by atoms with Crippen LogP contribution in [0.15, 0.2) is 30.7 Å².